The SMILES string of the molecule is C[C@@H](O)[C@H]1C(=O)N2C(C(=O)OC(c3ccccc3)[N+](=O)[O-])=C(S[C@H]3C[C@@H](CN4CCN(C(=O)OCc5ccc([N+](=O)[O-])cc5)CC4)N(C(=O)OCc4ccc([N+](=O)[O-])cc4)C3)[C@H](C)[C@H]12. The maximum atomic E-state index is 14.0. The summed E-state index contributed by atoms with van der Waals surface area (Å²) in [6.07, 6.45) is -3.71. The summed E-state index contributed by atoms with van der Waals surface area (Å²) in [5.74, 6) is -2.89. The van der Waals surface area contributed by atoms with Gasteiger partial charge in [-0.25, -0.2) is 14.4 Å². The number of esters is 1. The molecule has 0 bridgehead atoms. The van der Waals surface area contributed by atoms with E-state index in [4.69, 9.17) is 14.2 Å². The van der Waals surface area contributed by atoms with Crippen molar-refractivity contribution in [2.45, 2.75) is 63.1 Å². The lowest BCUT2D eigenvalue weighted by Gasteiger charge is -2.46. The fraction of sp³-hybridized carbons (Fsp3) is 0.429. The second-order valence-corrected chi connectivity index (χ2v) is 17.3. The fourth-order valence-electron chi connectivity index (χ4n) is 8.52. The van der Waals surface area contributed by atoms with Crippen molar-refractivity contribution in [3.8, 4) is 0 Å². The number of nitrogens with zero attached hydrogens (tertiary/aromatic N) is 7. The van der Waals surface area contributed by atoms with E-state index in [9.17, 15) is 54.6 Å². The van der Waals surface area contributed by atoms with Gasteiger partial charge in [-0.3, -0.25) is 40.0 Å². The molecule has 22 heteroatoms. The van der Waals surface area contributed by atoms with Crippen molar-refractivity contribution in [1.82, 2.24) is 19.6 Å². The van der Waals surface area contributed by atoms with Gasteiger partial charge in [-0.1, -0.05) is 25.1 Å². The highest BCUT2D eigenvalue weighted by molar-refractivity contribution is 8.03. The Bertz CT molecular complexity index is 2310. The summed E-state index contributed by atoms with van der Waals surface area (Å²) in [4.78, 5) is 93.7. The van der Waals surface area contributed by atoms with Crippen molar-refractivity contribution in [3.05, 3.63) is 136 Å². The average Bonchev–Trinajstić information content (AvgIpc) is 3.79. The molecule has 3 amide bonds. The quantitative estimate of drug-likeness (QED) is 0.0533. The van der Waals surface area contributed by atoms with Crippen molar-refractivity contribution in [1.29, 1.82) is 0 Å². The topological polar surface area (TPSA) is 259 Å². The molecule has 338 valence electrons. The number of fused-ring (bicyclic) bond motifs is 1. The van der Waals surface area contributed by atoms with Crippen molar-refractivity contribution in [2.24, 2.45) is 11.8 Å². The first kappa shape index (κ1) is 45.4. The summed E-state index contributed by atoms with van der Waals surface area (Å²) in [7, 11) is 0. The molecule has 21 nitrogen and oxygen atoms in total. The highest BCUT2D eigenvalue weighted by Crippen LogP contribution is 2.53. The zero-order chi connectivity index (χ0) is 45.8. The Hall–Kier alpha value is -6.65. The van der Waals surface area contributed by atoms with E-state index in [0.717, 1.165) is 0 Å². The first-order valence-corrected chi connectivity index (χ1v) is 21.3. The van der Waals surface area contributed by atoms with E-state index in [-0.39, 0.29) is 47.6 Å². The number of rotatable bonds is 15. The smallest absolute Gasteiger partial charge is 0.410 e. The van der Waals surface area contributed by atoms with Crippen molar-refractivity contribution in [3.63, 3.8) is 0 Å². The lowest BCUT2D eigenvalue weighted by Crippen LogP contribution is -2.63. The van der Waals surface area contributed by atoms with Gasteiger partial charge in [0, 0.05) is 85.6 Å². The molecule has 3 saturated heterocycles. The van der Waals surface area contributed by atoms with Gasteiger partial charge >= 0.3 is 24.4 Å². The van der Waals surface area contributed by atoms with Crippen LogP contribution in [0.15, 0.2) is 89.5 Å². The number of aliphatic hydroxyl groups excluding tert-OH is 1. The Kier molecular flexibility index (Phi) is 13.7. The van der Waals surface area contributed by atoms with Crippen molar-refractivity contribution < 1.29 is 53.3 Å². The van der Waals surface area contributed by atoms with E-state index < -0.39 is 75.1 Å². The van der Waals surface area contributed by atoms with Gasteiger partial charge in [0.15, 0.2) is 0 Å². The number of carbonyl (C=O) groups is 4. The molecule has 7 rings (SSSR count). The van der Waals surface area contributed by atoms with Crippen LogP contribution in [0.4, 0.5) is 21.0 Å². The molecule has 3 aromatic rings. The Morgan fingerprint density at radius 1 is 0.828 bits per heavy atom. The number of hydrogen-bond acceptors (Lipinski definition) is 16. The minimum atomic E-state index is -1.86. The van der Waals surface area contributed by atoms with Gasteiger partial charge in [-0.05, 0) is 60.9 Å². The molecule has 0 radical (unpaired) electrons. The molecule has 1 unspecified atom stereocenters. The Balaban J connectivity index is 1.07. The van der Waals surface area contributed by atoms with E-state index in [1.807, 2.05) is 6.92 Å². The molecule has 1 N–H and O–H groups in total. The summed E-state index contributed by atoms with van der Waals surface area (Å²) in [6, 6.07) is 17.9. The minimum Gasteiger partial charge on any atom is -0.445 e. The molecule has 0 aromatic heterocycles. The van der Waals surface area contributed by atoms with E-state index in [1.165, 1.54) is 84.2 Å². The van der Waals surface area contributed by atoms with Crippen LogP contribution in [-0.4, -0.2) is 126 Å². The predicted molar refractivity (Wildman–Crippen MR) is 225 cm³/mol. The largest absolute Gasteiger partial charge is 0.445 e. The second-order valence-electron chi connectivity index (χ2n) is 15.9. The van der Waals surface area contributed by atoms with Gasteiger partial charge in [0.2, 0.25) is 5.91 Å². The number of hydrogen-bond donors (Lipinski definition) is 1. The van der Waals surface area contributed by atoms with Gasteiger partial charge in [0.1, 0.15) is 18.9 Å². The number of β-lactam (4-membered cyclic amide) rings is 1. The van der Waals surface area contributed by atoms with Gasteiger partial charge in [0.25, 0.3) is 11.4 Å². The highest BCUT2D eigenvalue weighted by Gasteiger charge is 2.61. The summed E-state index contributed by atoms with van der Waals surface area (Å²) in [6.45, 7) is 5.06. The van der Waals surface area contributed by atoms with E-state index in [2.05, 4.69) is 4.90 Å². The maximum Gasteiger partial charge on any atom is 0.410 e. The number of piperazine rings is 1. The van der Waals surface area contributed by atoms with Crippen molar-refractivity contribution in [2.75, 3.05) is 39.3 Å². The number of nitro benzene ring substituents is 2. The number of amides is 3. The standard InChI is InChI=1S/C42H45N7O14S/c1-25-35-34(26(2)50)38(51)46(35)36(40(52)63-39(49(59)60)29-6-4-3-5-7-29)37(25)64-33-20-32(45(22-33)42(54)62-24-28-10-14-31(15-11-28)48(57)58)21-43-16-18-44(19-17-43)41(53)61-23-27-8-12-30(13-9-27)47(55)56/h3-15,25-26,32-35,39,50H,16-24H2,1-2H3/t25-,26-,32+,33+,34-,35-,39?/m1/s1. The number of benzene rings is 3. The Morgan fingerprint density at radius 2 is 1.39 bits per heavy atom. The van der Waals surface area contributed by atoms with E-state index in [1.54, 1.807) is 28.0 Å². The third kappa shape index (κ3) is 9.77. The maximum absolute atomic E-state index is 14.0. The predicted octanol–water partition coefficient (Wildman–Crippen LogP) is 4.86. The summed E-state index contributed by atoms with van der Waals surface area (Å²) < 4.78 is 16.7. The first-order valence-electron chi connectivity index (χ1n) is 20.5. The van der Waals surface area contributed by atoms with Gasteiger partial charge in [-0.15, -0.1) is 11.8 Å². The molecule has 3 fully saturated rings. The van der Waals surface area contributed by atoms with Crippen LogP contribution < -0.4 is 0 Å². The van der Waals surface area contributed by atoms with Crippen molar-refractivity contribution >= 4 is 47.2 Å². The highest BCUT2D eigenvalue weighted by atomic mass is 32.2. The number of aliphatic hydroxyl groups is 1. The fourth-order valence-corrected chi connectivity index (χ4v) is 10.1. The average molecular weight is 904 g/mol. The normalized spacial score (nSPS) is 22.9. The molecule has 7 atom stereocenters. The molecule has 3 aromatic carbocycles. The molecule has 4 aliphatic rings. The molecule has 64 heavy (non-hydrogen) atoms. The summed E-state index contributed by atoms with van der Waals surface area (Å²) in [5, 5.41) is 44.5. The Morgan fingerprint density at radius 3 is 1.92 bits per heavy atom. The molecular formula is C42H45N7O14S. The van der Waals surface area contributed by atoms with Crippen LogP contribution in [0.5, 0.6) is 0 Å². The van der Waals surface area contributed by atoms with Gasteiger partial charge < -0.3 is 34.0 Å². The van der Waals surface area contributed by atoms with E-state index in [0.29, 0.717) is 55.2 Å². The molecular weight excluding hydrogens is 859 g/mol. The monoisotopic (exact) mass is 903 g/mol. The Labute approximate surface area is 369 Å². The van der Waals surface area contributed by atoms with Crippen LogP contribution in [0.1, 0.15) is 43.2 Å². The van der Waals surface area contributed by atoms with E-state index >= 15 is 0 Å². The summed E-state index contributed by atoms with van der Waals surface area (Å²) in [5.41, 5.74) is 0.896. The number of likely N-dealkylation sites (tertiary alicyclic amines) is 1. The molecule has 4 aliphatic heterocycles. The van der Waals surface area contributed by atoms with Gasteiger partial charge in [0.05, 0.1) is 38.4 Å². The lowest BCUT2D eigenvalue weighted by molar-refractivity contribution is -0.575. The van der Waals surface area contributed by atoms with Gasteiger partial charge in [-0.2, -0.15) is 0 Å². The first-order chi connectivity index (χ1) is 30.6. The lowest BCUT2D eigenvalue weighted by atomic mass is 9.79. The minimum absolute atomic E-state index is 0.0701. The third-order valence-corrected chi connectivity index (χ3v) is 13.3. The molecule has 0 aliphatic carbocycles. The zero-order valence-corrected chi connectivity index (χ0v) is 35.5. The number of nitro groups is 3. The number of carbonyl (C=O) groups excluding carboxylic acids is 4. The van der Waals surface area contributed by atoms with Crippen LogP contribution >= 0.6 is 11.8 Å². The van der Waals surface area contributed by atoms with Crippen LogP contribution in [0.3, 0.4) is 0 Å². The van der Waals surface area contributed by atoms with Crippen LogP contribution in [0.25, 0.3) is 0 Å². The zero-order valence-electron chi connectivity index (χ0n) is 34.7. The molecule has 4 heterocycles. The number of thioether (sulfide) groups is 1. The number of ether oxygens (including phenoxy) is 3. The van der Waals surface area contributed by atoms with Crippen LogP contribution in [0.2, 0.25) is 0 Å². The number of non-ortho nitro benzene ring substituents is 2. The second kappa shape index (κ2) is 19.4. The summed E-state index contributed by atoms with van der Waals surface area (Å²) >= 11 is 1.27. The van der Waals surface area contributed by atoms with Crippen LogP contribution in [-0.2, 0) is 37.0 Å². The molecule has 0 spiro atoms. The van der Waals surface area contributed by atoms with Crippen LogP contribution in [0, 0.1) is 42.2 Å². The third-order valence-electron chi connectivity index (χ3n) is 11.8. The molecule has 0 saturated carbocycles.